The maximum atomic E-state index is 12.3. The van der Waals surface area contributed by atoms with Crippen LogP contribution in [0.4, 0.5) is 0 Å². The Hall–Kier alpha value is -2.13. The second kappa shape index (κ2) is 7.83. The highest BCUT2D eigenvalue weighted by atomic mass is 79.9. The molecule has 0 bridgehead atoms. The molecule has 2 aromatic rings. The van der Waals surface area contributed by atoms with Crippen LogP contribution in [0.2, 0.25) is 0 Å². The smallest absolute Gasteiger partial charge is 0.374 e. The highest BCUT2D eigenvalue weighted by Gasteiger charge is 2.26. The molecule has 0 aliphatic carbocycles. The number of ether oxygens (including phenoxy) is 1. The van der Waals surface area contributed by atoms with Crippen molar-refractivity contribution in [1.82, 2.24) is 9.80 Å². The number of thiophene rings is 1. The first-order chi connectivity index (χ1) is 12.0. The number of nitrogens with zero attached hydrogens (tertiary/aromatic N) is 2. The van der Waals surface area contributed by atoms with E-state index >= 15 is 0 Å². The van der Waals surface area contributed by atoms with Gasteiger partial charge in [0.15, 0.2) is 11.3 Å². The molecule has 1 aliphatic heterocycles. The number of halogens is 1. The van der Waals surface area contributed by atoms with Crippen LogP contribution in [0.25, 0.3) is 0 Å². The van der Waals surface area contributed by atoms with Crippen molar-refractivity contribution >= 4 is 45.1 Å². The average molecular weight is 427 g/mol. The Morgan fingerprint density at radius 3 is 2.44 bits per heavy atom. The van der Waals surface area contributed by atoms with Crippen LogP contribution >= 0.6 is 27.3 Å². The molecular formula is C16H15BrN2O5S. The van der Waals surface area contributed by atoms with Crippen LogP contribution in [-0.4, -0.2) is 60.4 Å². The average Bonchev–Trinajstić information content (AvgIpc) is 3.30. The monoisotopic (exact) mass is 426 g/mol. The predicted octanol–water partition coefficient (Wildman–Crippen LogP) is 2.25. The van der Waals surface area contributed by atoms with Crippen molar-refractivity contribution in [2.75, 3.05) is 32.8 Å². The first-order valence-corrected chi connectivity index (χ1v) is 9.25. The van der Waals surface area contributed by atoms with E-state index in [1.807, 2.05) is 11.4 Å². The van der Waals surface area contributed by atoms with Gasteiger partial charge in [0.1, 0.15) is 0 Å². The fourth-order valence-corrected chi connectivity index (χ4v) is 3.43. The van der Waals surface area contributed by atoms with Crippen LogP contribution in [0, 0.1) is 0 Å². The number of esters is 1. The fourth-order valence-electron chi connectivity index (χ4n) is 2.43. The van der Waals surface area contributed by atoms with E-state index in [0.29, 0.717) is 35.7 Å². The van der Waals surface area contributed by atoms with Gasteiger partial charge in [-0.05, 0) is 39.5 Å². The molecule has 9 heteroatoms. The summed E-state index contributed by atoms with van der Waals surface area (Å²) in [4.78, 5) is 40.2. The van der Waals surface area contributed by atoms with Gasteiger partial charge in [0.2, 0.25) is 5.76 Å². The molecule has 0 spiro atoms. The molecule has 0 radical (unpaired) electrons. The Balaban J connectivity index is 1.45. The van der Waals surface area contributed by atoms with Gasteiger partial charge in [0, 0.05) is 26.2 Å². The third-order valence-electron chi connectivity index (χ3n) is 3.75. The summed E-state index contributed by atoms with van der Waals surface area (Å²) in [6.07, 6.45) is 0. The Labute approximate surface area is 156 Å². The van der Waals surface area contributed by atoms with Crippen molar-refractivity contribution in [2.45, 2.75) is 0 Å². The number of rotatable bonds is 4. The number of carbonyl (C=O) groups is 3. The van der Waals surface area contributed by atoms with Crippen LogP contribution in [0.15, 0.2) is 38.7 Å². The number of carbonyl (C=O) groups excluding carboxylic acids is 3. The topological polar surface area (TPSA) is 80.1 Å². The van der Waals surface area contributed by atoms with Crippen LogP contribution < -0.4 is 0 Å². The molecule has 0 N–H and O–H groups in total. The normalized spacial score (nSPS) is 14.4. The maximum Gasteiger partial charge on any atom is 0.374 e. The minimum absolute atomic E-state index is 0.0167. The molecule has 7 nitrogen and oxygen atoms in total. The molecule has 0 saturated carbocycles. The van der Waals surface area contributed by atoms with E-state index in [2.05, 4.69) is 15.9 Å². The van der Waals surface area contributed by atoms with Crippen molar-refractivity contribution in [3.05, 3.63) is 45.0 Å². The summed E-state index contributed by atoms with van der Waals surface area (Å²) >= 11 is 4.49. The molecule has 132 valence electrons. The molecule has 25 heavy (non-hydrogen) atoms. The van der Waals surface area contributed by atoms with Gasteiger partial charge >= 0.3 is 5.97 Å². The van der Waals surface area contributed by atoms with E-state index in [0.717, 1.165) is 0 Å². The SMILES string of the molecule is O=C(OCC(=O)N1CCN(C(=O)c2cccs2)CC1)c1ccc(Br)o1. The summed E-state index contributed by atoms with van der Waals surface area (Å²) in [5, 5.41) is 1.86. The first-order valence-electron chi connectivity index (χ1n) is 7.57. The van der Waals surface area contributed by atoms with Gasteiger partial charge in [-0.2, -0.15) is 0 Å². The molecular weight excluding hydrogens is 412 g/mol. The minimum atomic E-state index is -0.689. The van der Waals surface area contributed by atoms with E-state index in [4.69, 9.17) is 9.15 Å². The fraction of sp³-hybridized carbons (Fsp3) is 0.312. The highest BCUT2D eigenvalue weighted by molar-refractivity contribution is 9.10. The minimum Gasteiger partial charge on any atom is -0.450 e. The summed E-state index contributed by atoms with van der Waals surface area (Å²) in [6.45, 7) is 1.40. The molecule has 1 saturated heterocycles. The second-order valence-corrected chi connectivity index (χ2v) is 7.06. The Morgan fingerprint density at radius 1 is 1.12 bits per heavy atom. The Morgan fingerprint density at radius 2 is 1.84 bits per heavy atom. The summed E-state index contributed by atoms with van der Waals surface area (Å²) in [5.41, 5.74) is 0. The third kappa shape index (κ3) is 4.29. The zero-order valence-electron chi connectivity index (χ0n) is 13.1. The lowest BCUT2D eigenvalue weighted by atomic mass is 10.3. The van der Waals surface area contributed by atoms with Crippen molar-refractivity contribution < 1.29 is 23.5 Å². The van der Waals surface area contributed by atoms with Gasteiger partial charge in [-0.25, -0.2) is 4.79 Å². The summed E-state index contributed by atoms with van der Waals surface area (Å²) < 4.78 is 10.5. The summed E-state index contributed by atoms with van der Waals surface area (Å²) in [7, 11) is 0. The Kier molecular flexibility index (Phi) is 5.54. The predicted molar refractivity (Wildman–Crippen MR) is 93.5 cm³/mol. The van der Waals surface area contributed by atoms with Crippen molar-refractivity contribution in [3.63, 3.8) is 0 Å². The second-order valence-electron chi connectivity index (χ2n) is 5.33. The van der Waals surface area contributed by atoms with Crippen molar-refractivity contribution in [3.8, 4) is 0 Å². The molecule has 0 unspecified atom stereocenters. The number of hydrogen-bond acceptors (Lipinski definition) is 6. The lowest BCUT2D eigenvalue weighted by Crippen LogP contribution is -2.51. The molecule has 0 atom stereocenters. The van der Waals surface area contributed by atoms with E-state index < -0.39 is 5.97 Å². The van der Waals surface area contributed by atoms with Crippen LogP contribution in [0.1, 0.15) is 20.2 Å². The number of furan rings is 1. The van der Waals surface area contributed by atoms with Crippen LogP contribution in [0.5, 0.6) is 0 Å². The molecule has 2 aromatic heterocycles. The number of amides is 2. The lowest BCUT2D eigenvalue weighted by molar-refractivity contribution is -0.136. The molecule has 1 aliphatic rings. The van der Waals surface area contributed by atoms with Crippen molar-refractivity contribution in [1.29, 1.82) is 0 Å². The quantitative estimate of drug-likeness (QED) is 0.700. The summed E-state index contributed by atoms with van der Waals surface area (Å²) in [6, 6.07) is 6.66. The number of hydrogen-bond donors (Lipinski definition) is 0. The van der Waals surface area contributed by atoms with Gasteiger partial charge in [-0.15, -0.1) is 11.3 Å². The molecule has 1 fully saturated rings. The molecule has 3 heterocycles. The molecule has 3 rings (SSSR count). The lowest BCUT2D eigenvalue weighted by Gasteiger charge is -2.34. The first kappa shape index (κ1) is 17.7. The summed E-state index contributed by atoms with van der Waals surface area (Å²) in [5.74, 6) is -0.962. The third-order valence-corrected chi connectivity index (χ3v) is 5.04. The number of piperazine rings is 1. The largest absolute Gasteiger partial charge is 0.450 e. The molecule has 0 aromatic carbocycles. The zero-order valence-corrected chi connectivity index (χ0v) is 15.5. The van der Waals surface area contributed by atoms with Crippen LogP contribution in [-0.2, 0) is 9.53 Å². The van der Waals surface area contributed by atoms with Crippen molar-refractivity contribution in [2.24, 2.45) is 0 Å². The van der Waals surface area contributed by atoms with E-state index in [-0.39, 0.29) is 24.2 Å². The Bertz CT molecular complexity index is 765. The van der Waals surface area contributed by atoms with E-state index in [1.54, 1.807) is 21.9 Å². The zero-order chi connectivity index (χ0) is 17.8. The van der Waals surface area contributed by atoms with Crippen LogP contribution in [0.3, 0.4) is 0 Å². The highest BCUT2D eigenvalue weighted by Crippen LogP contribution is 2.16. The maximum absolute atomic E-state index is 12.3. The van der Waals surface area contributed by atoms with Gasteiger partial charge in [0.25, 0.3) is 11.8 Å². The van der Waals surface area contributed by atoms with Gasteiger partial charge in [-0.3, -0.25) is 9.59 Å². The van der Waals surface area contributed by atoms with E-state index in [1.165, 1.54) is 17.4 Å². The standard InChI is InChI=1S/C16H15BrN2O5S/c17-13-4-3-11(24-13)16(22)23-10-14(20)18-5-7-19(8-6-18)15(21)12-2-1-9-25-12/h1-4,9H,5-8,10H2. The van der Waals surface area contributed by atoms with Gasteiger partial charge in [-0.1, -0.05) is 6.07 Å². The van der Waals surface area contributed by atoms with E-state index in [9.17, 15) is 14.4 Å². The van der Waals surface area contributed by atoms with Gasteiger partial charge < -0.3 is 19.0 Å². The molecule has 2 amide bonds. The van der Waals surface area contributed by atoms with Gasteiger partial charge in [0.05, 0.1) is 4.88 Å².